The van der Waals surface area contributed by atoms with E-state index in [2.05, 4.69) is 141 Å². The van der Waals surface area contributed by atoms with E-state index in [-0.39, 0.29) is 0 Å². The Morgan fingerprint density at radius 1 is 0.395 bits per heavy atom. The number of hydrogen-bond acceptors (Lipinski definition) is 1. The molecule has 0 fully saturated rings. The summed E-state index contributed by atoms with van der Waals surface area (Å²) in [5, 5.41) is 6.07. The first-order valence-corrected chi connectivity index (χ1v) is 13.1. The van der Waals surface area contributed by atoms with E-state index < -0.39 is 0 Å². The molecule has 0 saturated carbocycles. The van der Waals surface area contributed by atoms with Gasteiger partial charge < -0.3 is 0 Å². The number of aromatic nitrogens is 1. The molecule has 0 aliphatic carbocycles. The van der Waals surface area contributed by atoms with Crippen LogP contribution < -0.4 is 0 Å². The van der Waals surface area contributed by atoms with E-state index in [0.29, 0.717) is 0 Å². The maximum atomic E-state index is 5.10. The van der Waals surface area contributed by atoms with Crippen molar-refractivity contribution in [1.82, 2.24) is 4.98 Å². The highest BCUT2D eigenvalue weighted by atomic mass is 14.7. The fraction of sp³-hybridized carbons (Fsp3) is 0.0541. The summed E-state index contributed by atoms with van der Waals surface area (Å²) < 4.78 is 0. The third kappa shape index (κ3) is 3.93. The van der Waals surface area contributed by atoms with Crippen LogP contribution in [0, 0.1) is 13.8 Å². The monoisotopic (exact) mass is 485 g/mol. The molecule has 0 radical (unpaired) electrons. The van der Waals surface area contributed by atoms with Gasteiger partial charge in [-0.15, -0.1) is 0 Å². The lowest BCUT2D eigenvalue weighted by Gasteiger charge is -2.12. The predicted molar refractivity (Wildman–Crippen MR) is 163 cm³/mol. The quantitative estimate of drug-likeness (QED) is 0.227. The first kappa shape index (κ1) is 22.4. The standard InChI is InChI=1S/C37H27N/c1-24-11-13-26(14-12-24)31-19-25(2)20-32(23-31)29-16-15-28-22-30(18-17-27(28)21-29)37-35-9-4-3-7-33(35)34-8-5-6-10-36(34)38-37/h3-23H,1-2H3. The topological polar surface area (TPSA) is 12.9 Å². The van der Waals surface area contributed by atoms with Gasteiger partial charge in [0.05, 0.1) is 11.2 Å². The lowest BCUT2D eigenvalue weighted by Crippen LogP contribution is -1.90. The number of hydrogen-bond donors (Lipinski definition) is 0. The first-order valence-electron chi connectivity index (χ1n) is 13.1. The molecule has 0 saturated heterocycles. The summed E-state index contributed by atoms with van der Waals surface area (Å²) >= 11 is 0. The van der Waals surface area contributed by atoms with Crippen LogP contribution in [0.15, 0.2) is 127 Å². The van der Waals surface area contributed by atoms with Crippen molar-refractivity contribution in [2.75, 3.05) is 0 Å². The zero-order valence-corrected chi connectivity index (χ0v) is 21.6. The summed E-state index contributed by atoms with van der Waals surface area (Å²) in [5.74, 6) is 0. The zero-order chi connectivity index (χ0) is 25.6. The molecule has 0 aliphatic rings. The second-order valence-corrected chi connectivity index (χ2v) is 10.3. The number of rotatable bonds is 3. The lowest BCUT2D eigenvalue weighted by atomic mass is 9.94. The molecule has 38 heavy (non-hydrogen) atoms. The number of benzene rings is 6. The maximum absolute atomic E-state index is 5.10. The fourth-order valence-electron chi connectivity index (χ4n) is 5.56. The molecular formula is C37H27N. The van der Waals surface area contributed by atoms with Crippen LogP contribution in [0.1, 0.15) is 11.1 Å². The molecule has 0 unspecified atom stereocenters. The van der Waals surface area contributed by atoms with Crippen molar-refractivity contribution in [3.63, 3.8) is 0 Å². The Bertz CT molecular complexity index is 1980. The summed E-state index contributed by atoms with van der Waals surface area (Å²) in [7, 11) is 0. The zero-order valence-electron chi connectivity index (χ0n) is 21.6. The van der Waals surface area contributed by atoms with Crippen LogP contribution >= 0.6 is 0 Å². The van der Waals surface area contributed by atoms with Gasteiger partial charge in [-0.1, -0.05) is 109 Å². The fourth-order valence-corrected chi connectivity index (χ4v) is 5.56. The molecule has 1 nitrogen and oxygen atoms in total. The van der Waals surface area contributed by atoms with Crippen molar-refractivity contribution in [3.05, 3.63) is 139 Å². The smallest absolute Gasteiger partial charge is 0.0788 e. The maximum Gasteiger partial charge on any atom is 0.0788 e. The van der Waals surface area contributed by atoms with Crippen molar-refractivity contribution in [2.24, 2.45) is 0 Å². The Hall–Kier alpha value is -4.75. The van der Waals surface area contributed by atoms with Crippen molar-refractivity contribution in [1.29, 1.82) is 0 Å². The molecule has 0 aliphatic heterocycles. The van der Waals surface area contributed by atoms with Crippen LogP contribution in [-0.2, 0) is 0 Å². The number of nitrogens with zero attached hydrogens (tertiary/aromatic N) is 1. The van der Waals surface area contributed by atoms with Crippen LogP contribution in [0.4, 0.5) is 0 Å². The molecule has 7 aromatic rings. The molecule has 0 spiro atoms. The SMILES string of the molecule is Cc1ccc(-c2cc(C)cc(-c3ccc4cc(-c5nc6ccccc6c6ccccc56)ccc4c3)c2)cc1. The largest absolute Gasteiger partial charge is 0.247 e. The van der Waals surface area contributed by atoms with E-state index >= 15 is 0 Å². The van der Waals surface area contributed by atoms with Gasteiger partial charge >= 0.3 is 0 Å². The first-order chi connectivity index (χ1) is 18.6. The third-order valence-corrected chi connectivity index (χ3v) is 7.52. The Kier molecular flexibility index (Phi) is 5.30. The molecule has 0 N–H and O–H groups in total. The highest BCUT2D eigenvalue weighted by molar-refractivity contribution is 6.11. The van der Waals surface area contributed by atoms with Crippen molar-refractivity contribution >= 4 is 32.4 Å². The second-order valence-electron chi connectivity index (χ2n) is 10.3. The average Bonchev–Trinajstić information content (AvgIpc) is 2.96. The van der Waals surface area contributed by atoms with E-state index in [1.807, 2.05) is 0 Å². The molecule has 1 aromatic heterocycles. The van der Waals surface area contributed by atoms with E-state index in [4.69, 9.17) is 4.98 Å². The summed E-state index contributed by atoms with van der Waals surface area (Å²) in [6.45, 7) is 4.31. The molecule has 0 atom stereocenters. The number of pyridine rings is 1. The summed E-state index contributed by atoms with van der Waals surface area (Å²) in [6, 6.07) is 46.1. The molecule has 0 amide bonds. The Balaban J connectivity index is 1.32. The summed E-state index contributed by atoms with van der Waals surface area (Å²) in [6.07, 6.45) is 0. The lowest BCUT2D eigenvalue weighted by molar-refractivity contribution is 1.43. The minimum atomic E-state index is 1.03. The molecule has 180 valence electrons. The molecule has 0 bridgehead atoms. The van der Waals surface area contributed by atoms with Crippen LogP contribution in [0.25, 0.3) is 66.0 Å². The van der Waals surface area contributed by atoms with Crippen LogP contribution in [0.3, 0.4) is 0 Å². The van der Waals surface area contributed by atoms with E-state index in [1.54, 1.807) is 0 Å². The molecule has 1 heterocycles. The van der Waals surface area contributed by atoms with Gasteiger partial charge in [-0.2, -0.15) is 0 Å². The van der Waals surface area contributed by atoms with Gasteiger partial charge in [0.2, 0.25) is 0 Å². The van der Waals surface area contributed by atoms with Gasteiger partial charge in [0.25, 0.3) is 0 Å². The van der Waals surface area contributed by atoms with Gasteiger partial charge in [-0.05, 0) is 82.1 Å². The van der Waals surface area contributed by atoms with Crippen LogP contribution in [0.5, 0.6) is 0 Å². The van der Waals surface area contributed by atoms with Crippen molar-refractivity contribution < 1.29 is 0 Å². The molecule has 7 rings (SSSR count). The minimum Gasteiger partial charge on any atom is -0.247 e. The second kappa shape index (κ2) is 8.97. The third-order valence-electron chi connectivity index (χ3n) is 7.52. The number of aryl methyl sites for hydroxylation is 2. The Labute approximate surface area is 223 Å². The van der Waals surface area contributed by atoms with E-state index in [0.717, 1.165) is 16.8 Å². The highest BCUT2D eigenvalue weighted by Crippen LogP contribution is 2.35. The Morgan fingerprint density at radius 2 is 0.974 bits per heavy atom. The van der Waals surface area contributed by atoms with Crippen molar-refractivity contribution in [3.8, 4) is 33.5 Å². The van der Waals surface area contributed by atoms with Crippen molar-refractivity contribution in [2.45, 2.75) is 13.8 Å². The van der Waals surface area contributed by atoms with Gasteiger partial charge in [-0.3, -0.25) is 0 Å². The number of para-hydroxylation sites is 1. The predicted octanol–water partition coefficient (Wildman–Crippen LogP) is 10.2. The Morgan fingerprint density at radius 3 is 1.74 bits per heavy atom. The highest BCUT2D eigenvalue weighted by Gasteiger charge is 2.11. The molecule has 6 aromatic carbocycles. The normalized spacial score (nSPS) is 11.4. The van der Waals surface area contributed by atoms with Gasteiger partial charge in [-0.25, -0.2) is 4.98 Å². The minimum absolute atomic E-state index is 1.03. The van der Waals surface area contributed by atoms with E-state index in [1.165, 1.54) is 60.3 Å². The summed E-state index contributed by atoms with van der Waals surface area (Å²) in [4.78, 5) is 5.10. The van der Waals surface area contributed by atoms with Gasteiger partial charge in [0, 0.05) is 16.3 Å². The van der Waals surface area contributed by atoms with Gasteiger partial charge in [0.15, 0.2) is 0 Å². The molecular weight excluding hydrogens is 458 g/mol. The van der Waals surface area contributed by atoms with Crippen LogP contribution in [0.2, 0.25) is 0 Å². The summed E-state index contributed by atoms with van der Waals surface area (Å²) in [5.41, 5.74) is 10.7. The number of fused-ring (bicyclic) bond motifs is 4. The van der Waals surface area contributed by atoms with E-state index in [9.17, 15) is 0 Å². The van der Waals surface area contributed by atoms with Crippen LogP contribution in [-0.4, -0.2) is 4.98 Å². The molecule has 1 heteroatoms. The van der Waals surface area contributed by atoms with Gasteiger partial charge in [0.1, 0.15) is 0 Å². The average molecular weight is 486 g/mol.